The van der Waals surface area contributed by atoms with Gasteiger partial charge in [-0.2, -0.15) is 0 Å². The maximum atomic E-state index is 12.5. The molecule has 2 heterocycles. The van der Waals surface area contributed by atoms with Gasteiger partial charge >= 0.3 is 5.97 Å². The number of hydrogen-bond donors (Lipinski definition) is 1. The number of likely N-dealkylation sites (tertiary alicyclic amines) is 1. The van der Waals surface area contributed by atoms with Crippen LogP contribution in [0.25, 0.3) is 0 Å². The smallest absolute Gasteiger partial charge is 0.329 e. The van der Waals surface area contributed by atoms with Crippen molar-refractivity contribution in [2.24, 2.45) is 0 Å². The topological polar surface area (TPSA) is 109 Å². The lowest BCUT2D eigenvalue weighted by Gasteiger charge is -2.22. The summed E-state index contributed by atoms with van der Waals surface area (Å²) in [5, 5.41) is 2.63. The van der Waals surface area contributed by atoms with E-state index in [1.807, 2.05) is 13.8 Å². The van der Waals surface area contributed by atoms with Crippen LogP contribution in [0.2, 0.25) is 0 Å². The molecule has 1 aromatic heterocycles. The van der Waals surface area contributed by atoms with Crippen LogP contribution in [0, 0.1) is 0 Å². The number of anilines is 1. The van der Waals surface area contributed by atoms with E-state index in [0.717, 1.165) is 0 Å². The number of ether oxygens (including phenoxy) is 1. The summed E-state index contributed by atoms with van der Waals surface area (Å²) in [7, 11) is 0. The van der Waals surface area contributed by atoms with Gasteiger partial charge in [0.25, 0.3) is 17.7 Å². The first-order chi connectivity index (χ1) is 15.4. The molecule has 0 aliphatic carbocycles. The maximum absolute atomic E-state index is 12.5. The Kier molecular flexibility index (Phi) is 7.64. The molecule has 0 unspecified atom stereocenters. The van der Waals surface area contributed by atoms with Gasteiger partial charge in [0.15, 0.2) is 12.4 Å². The number of amides is 3. The quantitative estimate of drug-likeness (QED) is 0.631. The third-order valence-electron chi connectivity index (χ3n) is 5.31. The molecule has 32 heavy (non-hydrogen) atoms. The second-order valence-electron chi connectivity index (χ2n) is 7.35. The minimum absolute atomic E-state index is 0.125. The van der Waals surface area contributed by atoms with Crippen molar-refractivity contribution in [3.05, 3.63) is 54.0 Å². The third-order valence-corrected chi connectivity index (χ3v) is 5.31. The Morgan fingerprint density at radius 1 is 1.16 bits per heavy atom. The van der Waals surface area contributed by atoms with E-state index in [2.05, 4.69) is 5.32 Å². The lowest BCUT2D eigenvalue weighted by atomic mass is 10.1. The predicted octanol–water partition coefficient (Wildman–Crippen LogP) is 2.55. The van der Waals surface area contributed by atoms with Crippen molar-refractivity contribution in [2.45, 2.75) is 32.7 Å². The van der Waals surface area contributed by atoms with Crippen LogP contribution < -0.4 is 5.32 Å². The second kappa shape index (κ2) is 10.6. The Balaban J connectivity index is 1.54. The van der Waals surface area contributed by atoms with Crippen molar-refractivity contribution in [1.29, 1.82) is 0 Å². The number of esters is 1. The molecule has 0 bridgehead atoms. The Bertz CT molecular complexity index is 968. The molecule has 9 heteroatoms. The van der Waals surface area contributed by atoms with Crippen molar-refractivity contribution < 1.29 is 28.3 Å². The summed E-state index contributed by atoms with van der Waals surface area (Å²) < 4.78 is 10.3. The van der Waals surface area contributed by atoms with E-state index in [0.29, 0.717) is 43.7 Å². The van der Waals surface area contributed by atoms with E-state index in [1.165, 1.54) is 17.2 Å². The van der Waals surface area contributed by atoms with Crippen LogP contribution in [0.3, 0.4) is 0 Å². The van der Waals surface area contributed by atoms with Crippen LogP contribution in [0.15, 0.2) is 47.1 Å². The van der Waals surface area contributed by atoms with Gasteiger partial charge in [-0.3, -0.25) is 14.4 Å². The standard InChI is InChI=1S/C23H27N3O6/c1-3-25(4-2)21(28)16-8-5-9-17(14-16)24-20(27)15-32-23(30)18-10-6-12-26(18)22(29)19-11-7-13-31-19/h5,7-9,11,13-14,18H,3-4,6,10,12,15H2,1-2H3,(H,24,27)/t18-/m0/s1. The summed E-state index contributed by atoms with van der Waals surface area (Å²) in [4.78, 5) is 52.8. The largest absolute Gasteiger partial charge is 0.459 e. The van der Waals surface area contributed by atoms with E-state index >= 15 is 0 Å². The van der Waals surface area contributed by atoms with Gasteiger partial charge < -0.3 is 24.3 Å². The van der Waals surface area contributed by atoms with Crippen LogP contribution in [-0.4, -0.2) is 65.8 Å². The fourth-order valence-electron chi connectivity index (χ4n) is 3.65. The van der Waals surface area contributed by atoms with Crippen LogP contribution >= 0.6 is 0 Å². The van der Waals surface area contributed by atoms with Crippen molar-refractivity contribution in [3.8, 4) is 0 Å². The molecule has 1 saturated heterocycles. The van der Waals surface area contributed by atoms with Crippen LogP contribution in [-0.2, 0) is 14.3 Å². The fourth-order valence-corrected chi connectivity index (χ4v) is 3.65. The summed E-state index contributed by atoms with van der Waals surface area (Å²) in [6.07, 6.45) is 2.51. The Morgan fingerprint density at radius 2 is 1.94 bits per heavy atom. The van der Waals surface area contributed by atoms with Gasteiger partial charge in [-0.25, -0.2) is 4.79 Å². The number of nitrogens with zero attached hydrogens (tertiary/aromatic N) is 2. The number of hydrogen-bond acceptors (Lipinski definition) is 6. The van der Waals surface area contributed by atoms with E-state index < -0.39 is 24.5 Å². The zero-order chi connectivity index (χ0) is 23.1. The SMILES string of the molecule is CCN(CC)C(=O)c1cccc(NC(=O)COC(=O)[C@@H]2CCCN2C(=O)c2ccco2)c1. The average Bonchev–Trinajstić information content (AvgIpc) is 3.50. The predicted molar refractivity (Wildman–Crippen MR) is 116 cm³/mol. The molecular formula is C23H27N3O6. The van der Waals surface area contributed by atoms with Crippen LogP contribution in [0.1, 0.15) is 47.6 Å². The summed E-state index contributed by atoms with van der Waals surface area (Å²) in [6, 6.07) is 8.98. The molecule has 1 aromatic carbocycles. The maximum Gasteiger partial charge on any atom is 0.329 e. The Hall–Kier alpha value is -3.62. The van der Waals surface area contributed by atoms with Gasteiger partial charge in [0.05, 0.1) is 6.26 Å². The summed E-state index contributed by atoms with van der Waals surface area (Å²) in [6.45, 7) is 4.89. The summed E-state index contributed by atoms with van der Waals surface area (Å²) in [5.41, 5.74) is 0.890. The van der Waals surface area contributed by atoms with Gasteiger partial charge in [-0.1, -0.05) is 6.07 Å². The first kappa shape index (κ1) is 23.1. The van der Waals surface area contributed by atoms with E-state index in [1.54, 1.807) is 35.2 Å². The molecule has 2 aromatic rings. The highest BCUT2D eigenvalue weighted by Crippen LogP contribution is 2.21. The summed E-state index contributed by atoms with van der Waals surface area (Å²) in [5.74, 6) is -1.52. The summed E-state index contributed by atoms with van der Waals surface area (Å²) >= 11 is 0. The minimum atomic E-state index is -0.754. The normalized spacial score (nSPS) is 15.3. The highest BCUT2D eigenvalue weighted by atomic mass is 16.5. The van der Waals surface area contributed by atoms with Crippen molar-refractivity contribution in [2.75, 3.05) is 31.6 Å². The molecule has 1 N–H and O–H groups in total. The molecule has 3 rings (SSSR count). The van der Waals surface area contributed by atoms with Crippen molar-refractivity contribution >= 4 is 29.4 Å². The zero-order valence-corrected chi connectivity index (χ0v) is 18.2. The first-order valence-electron chi connectivity index (χ1n) is 10.6. The molecule has 1 aliphatic heterocycles. The molecule has 1 fully saturated rings. The van der Waals surface area contributed by atoms with Gasteiger partial charge in [-0.05, 0) is 57.0 Å². The molecule has 0 radical (unpaired) electrons. The molecule has 1 atom stereocenters. The number of carbonyl (C=O) groups excluding carboxylic acids is 4. The highest BCUT2D eigenvalue weighted by Gasteiger charge is 2.36. The van der Waals surface area contributed by atoms with E-state index in [4.69, 9.17) is 9.15 Å². The van der Waals surface area contributed by atoms with Crippen molar-refractivity contribution in [3.63, 3.8) is 0 Å². The molecular weight excluding hydrogens is 414 g/mol. The van der Waals surface area contributed by atoms with Gasteiger partial charge in [0.2, 0.25) is 0 Å². The number of rotatable bonds is 8. The van der Waals surface area contributed by atoms with Crippen LogP contribution in [0.5, 0.6) is 0 Å². The van der Waals surface area contributed by atoms with Crippen LogP contribution in [0.4, 0.5) is 5.69 Å². The fraction of sp³-hybridized carbons (Fsp3) is 0.391. The number of nitrogens with one attached hydrogen (secondary N) is 1. The number of furan rings is 1. The minimum Gasteiger partial charge on any atom is -0.459 e. The Morgan fingerprint density at radius 3 is 2.62 bits per heavy atom. The molecule has 3 amide bonds. The third kappa shape index (κ3) is 5.35. The second-order valence-corrected chi connectivity index (χ2v) is 7.35. The molecule has 9 nitrogen and oxygen atoms in total. The molecule has 1 aliphatic rings. The molecule has 0 saturated carbocycles. The van der Waals surface area contributed by atoms with E-state index in [-0.39, 0.29) is 17.6 Å². The zero-order valence-electron chi connectivity index (χ0n) is 18.2. The molecule has 170 valence electrons. The van der Waals surface area contributed by atoms with Gasteiger partial charge in [0, 0.05) is 30.9 Å². The number of benzene rings is 1. The molecule has 0 spiro atoms. The highest BCUT2D eigenvalue weighted by molar-refractivity contribution is 5.98. The lowest BCUT2D eigenvalue weighted by Crippen LogP contribution is -2.42. The lowest BCUT2D eigenvalue weighted by molar-refractivity contribution is -0.151. The number of carbonyl (C=O) groups is 4. The van der Waals surface area contributed by atoms with Gasteiger partial charge in [-0.15, -0.1) is 0 Å². The van der Waals surface area contributed by atoms with Crippen molar-refractivity contribution in [1.82, 2.24) is 9.80 Å². The Labute approximate surface area is 186 Å². The van der Waals surface area contributed by atoms with Gasteiger partial charge in [0.1, 0.15) is 6.04 Å². The monoisotopic (exact) mass is 441 g/mol. The first-order valence-corrected chi connectivity index (χ1v) is 10.6. The van der Waals surface area contributed by atoms with E-state index in [9.17, 15) is 19.2 Å². The average molecular weight is 441 g/mol.